The van der Waals surface area contributed by atoms with Crippen LogP contribution in [0.25, 0.3) is 22.0 Å². The molecule has 0 saturated heterocycles. The summed E-state index contributed by atoms with van der Waals surface area (Å²) in [6, 6.07) is 15.0. The highest BCUT2D eigenvalue weighted by Crippen LogP contribution is 2.33. The van der Waals surface area contributed by atoms with Gasteiger partial charge in [0.1, 0.15) is 28.8 Å². The van der Waals surface area contributed by atoms with Crippen LogP contribution in [0.4, 0.5) is 24.7 Å². The Kier molecular flexibility index (Phi) is 6.83. The summed E-state index contributed by atoms with van der Waals surface area (Å²) in [4.78, 5) is 19.3. The third-order valence-electron chi connectivity index (χ3n) is 4.95. The highest BCUT2D eigenvalue weighted by Gasteiger charge is 2.15. The molecule has 0 atom stereocenters. The van der Waals surface area contributed by atoms with E-state index in [1.807, 2.05) is 0 Å². The second-order valence-electron chi connectivity index (χ2n) is 7.34. The number of aromatic amines is 1. The molecule has 0 fully saturated rings. The minimum Gasteiger partial charge on any atom is -0.357 e. The maximum Gasteiger partial charge on any atom is 0.274 e. The van der Waals surface area contributed by atoms with Crippen molar-refractivity contribution in [3.05, 3.63) is 112 Å². The van der Waals surface area contributed by atoms with Gasteiger partial charge >= 0.3 is 0 Å². The van der Waals surface area contributed by atoms with Gasteiger partial charge in [0.25, 0.3) is 5.56 Å². The van der Waals surface area contributed by atoms with Crippen LogP contribution in [0, 0.1) is 17.5 Å². The van der Waals surface area contributed by atoms with Crippen molar-refractivity contribution in [2.24, 2.45) is 7.05 Å². The van der Waals surface area contributed by atoms with Crippen molar-refractivity contribution < 1.29 is 13.2 Å². The second-order valence-corrected chi connectivity index (χ2v) is 8.26. The molecule has 5 aromatic rings. The number of nitrogens with zero attached hydrogens (tertiary/aromatic N) is 2. The number of anilines is 2. The summed E-state index contributed by atoms with van der Waals surface area (Å²) >= 11 is 3.18. The SMILES string of the molecule is Cn1cc(-c2cc(F)cnc2Nc2ccc(F)cc2)c2cc[nH]c2c1=O.Fc1ccc(Br)cc1. The molecular weight excluding hydrogens is 509 g/mol. The average molecular weight is 527 g/mol. The first kappa shape index (κ1) is 23.3. The van der Waals surface area contributed by atoms with Crippen LogP contribution in [0.3, 0.4) is 0 Å². The van der Waals surface area contributed by atoms with Gasteiger partial charge in [0.15, 0.2) is 0 Å². The van der Waals surface area contributed by atoms with Crippen molar-refractivity contribution >= 4 is 38.3 Å². The Balaban J connectivity index is 0.000000291. The highest BCUT2D eigenvalue weighted by atomic mass is 79.9. The number of aryl methyl sites for hydroxylation is 1. The first-order valence-electron chi connectivity index (χ1n) is 10.1. The summed E-state index contributed by atoms with van der Waals surface area (Å²) in [5.74, 6) is -0.649. The van der Waals surface area contributed by atoms with Crippen molar-refractivity contribution in [2.45, 2.75) is 0 Å². The Morgan fingerprint density at radius 1 is 0.912 bits per heavy atom. The number of hydrogen-bond acceptors (Lipinski definition) is 3. The standard InChI is InChI=1S/C19H14F2N4O.C6H4BrF/c1-25-10-16(14-6-7-22-17(14)19(25)26)15-8-12(21)9-23-18(15)24-13-4-2-11(20)3-5-13;7-5-1-3-6(8)4-2-5/h2-10,22H,1H3,(H,23,24);1-4H. The first-order valence-corrected chi connectivity index (χ1v) is 10.9. The van der Waals surface area contributed by atoms with Crippen LogP contribution in [0.2, 0.25) is 0 Å². The quantitative estimate of drug-likeness (QED) is 0.280. The van der Waals surface area contributed by atoms with Gasteiger partial charge in [-0.1, -0.05) is 15.9 Å². The molecule has 3 heterocycles. The van der Waals surface area contributed by atoms with E-state index < -0.39 is 5.82 Å². The molecule has 0 amide bonds. The zero-order valence-corrected chi connectivity index (χ0v) is 19.4. The smallest absolute Gasteiger partial charge is 0.274 e. The molecule has 5 rings (SSSR count). The predicted molar refractivity (Wildman–Crippen MR) is 131 cm³/mol. The summed E-state index contributed by atoms with van der Waals surface area (Å²) in [5, 5.41) is 3.74. The van der Waals surface area contributed by atoms with E-state index in [4.69, 9.17) is 0 Å². The summed E-state index contributed by atoms with van der Waals surface area (Å²) in [7, 11) is 1.63. The number of halogens is 4. The lowest BCUT2D eigenvalue weighted by Crippen LogP contribution is -2.16. The van der Waals surface area contributed by atoms with Gasteiger partial charge in [0, 0.05) is 46.1 Å². The van der Waals surface area contributed by atoms with Gasteiger partial charge in [-0.15, -0.1) is 0 Å². The molecule has 0 aliphatic rings. The van der Waals surface area contributed by atoms with Crippen LogP contribution in [-0.4, -0.2) is 14.5 Å². The minimum atomic E-state index is -0.498. The summed E-state index contributed by atoms with van der Waals surface area (Å²) in [5.41, 5.74) is 2.02. The van der Waals surface area contributed by atoms with Gasteiger partial charge in [0.2, 0.25) is 0 Å². The number of nitrogens with one attached hydrogen (secondary N) is 2. The van der Waals surface area contributed by atoms with Crippen LogP contribution in [0.1, 0.15) is 0 Å². The molecule has 0 unspecified atom stereocenters. The Morgan fingerprint density at radius 2 is 1.56 bits per heavy atom. The van der Waals surface area contributed by atoms with Crippen LogP contribution in [0.5, 0.6) is 0 Å². The molecule has 0 aliphatic carbocycles. The molecule has 5 nitrogen and oxygen atoms in total. The lowest BCUT2D eigenvalue weighted by molar-refractivity contribution is 0.622. The maximum atomic E-state index is 13.9. The van der Waals surface area contributed by atoms with Gasteiger partial charge in [-0.3, -0.25) is 4.79 Å². The van der Waals surface area contributed by atoms with E-state index >= 15 is 0 Å². The Hall–Kier alpha value is -3.85. The van der Waals surface area contributed by atoms with Crippen molar-refractivity contribution in [2.75, 3.05) is 5.32 Å². The van der Waals surface area contributed by atoms with E-state index in [9.17, 15) is 18.0 Å². The van der Waals surface area contributed by atoms with Crippen molar-refractivity contribution in [1.82, 2.24) is 14.5 Å². The molecule has 34 heavy (non-hydrogen) atoms. The molecular formula is C25H18BrF3N4O. The largest absolute Gasteiger partial charge is 0.357 e. The number of H-pyrrole nitrogens is 1. The van der Waals surface area contributed by atoms with E-state index in [1.165, 1.54) is 34.9 Å². The fraction of sp³-hybridized carbons (Fsp3) is 0.0400. The number of aromatic nitrogens is 3. The van der Waals surface area contributed by atoms with Gasteiger partial charge in [-0.05, 0) is 60.7 Å². The van der Waals surface area contributed by atoms with Crippen LogP contribution in [0.15, 0.2) is 88.5 Å². The second kappa shape index (κ2) is 9.96. The topological polar surface area (TPSA) is 62.7 Å². The number of pyridine rings is 2. The molecule has 0 bridgehead atoms. The molecule has 2 aromatic carbocycles. The zero-order valence-electron chi connectivity index (χ0n) is 17.8. The number of fused-ring (bicyclic) bond motifs is 1. The zero-order chi connectivity index (χ0) is 24.2. The van der Waals surface area contributed by atoms with Crippen molar-refractivity contribution in [1.29, 1.82) is 0 Å². The minimum absolute atomic E-state index is 0.175. The van der Waals surface area contributed by atoms with Crippen molar-refractivity contribution in [3.63, 3.8) is 0 Å². The van der Waals surface area contributed by atoms with E-state index in [-0.39, 0.29) is 17.2 Å². The molecule has 9 heteroatoms. The molecule has 2 N–H and O–H groups in total. The van der Waals surface area contributed by atoms with E-state index in [1.54, 1.807) is 49.8 Å². The summed E-state index contributed by atoms with van der Waals surface area (Å²) < 4.78 is 41.4. The van der Waals surface area contributed by atoms with E-state index in [0.717, 1.165) is 10.7 Å². The Labute approximate surface area is 201 Å². The number of hydrogen-bond donors (Lipinski definition) is 2. The van der Waals surface area contributed by atoms with Gasteiger partial charge in [-0.25, -0.2) is 18.2 Å². The van der Waals surface area contributed by atoms with Gasteiger partial charge in [-0.2, -0.15) is 0 Å². The van der Waals surface area contributed by atoms with Crippen LogP contribution < -0.4 is 10.9 Å². The van der Waals surface area contributed by atoms with Crippen LogP contribution in [-0.2, 0) is 7.05 Å². The molecule has 3 aromatic heterocycles. The fourth-order valence-corrected chi connectivity index (χ4v) is 3.59. The first-order chi connectivity index (χ1) is 16.3. The Bertz CT molecular complexity index is 1480. The summed E-state index contributed by atoms with van der Waals surface area (Å²) in [6.07, 6.45) is 4.41. The molecule has 0 radical (unpaired) electrons. The molecule has 0 saturated carbocycles. The van der Waals surface area contributed by atoms with Gasteiger partial charge in [0.05, 0.1) is 6.20 Å². The molecule has 172 valence electrons. The highest BCUT2D eigenvalue weighted by molar-refractivity contribution is 9.10. The number of benzene rings is 2. The van der Waals surface area contributed by atoms with E-state index in [0.29, 0.717) is 33.5 Å². The lowest BCUT2D eigenvalue weighted by Gasteiger charge is -2.13. The maximum absolute atomic E-state index is 13.9. The average Bonchev–Trinajstić information content (AvgIpc) is 3.32. The monoisotopic (exact) mass is 526 g/mol. The Morgan fingerprint density at radius 3 is 2.21 bits per heavy atom. The third-order valence-corrected chi connectivity index (χ3v) is 5.48. The van der Waals surface area contributed by atoms with Gasteiger partial charge < -0.3 is 14.9 Å². The van der Waals surface area contributed by atoms with E-state index in [2.05, 4.69) is 31.2 Å². The lowest BCUT2D eigenvalue weighted by atomic mass is 10.0. The predicted octanol–water partition coefficient (Wildman–Crippen LogP) is 6.54. The number of rotatable bonds is 3. The summed E-state index contributed by atoms with van der Waals surface area (Å²) in [6.45, 7) is 0. The normalized spacial score (nSPS) is 10.6. The van der Waals surface area contributed by atoms with Crippen LogP contribution >= 0.6 is 15.9 Å². The third kappa shape index (κ3) is 5.20. The van der Waals surface area contributed by atoms with Crippen molar-refractivity contribution in [3.8, 4) is 11.1 Å². The molecule has 0 aliphatic heterocycles. The fourth-order valence-electron chi connectivity index (χ4n) is 3.33. The molecule has 0 spiro atoms.